The molecule has 5 heteroatoms. The van der Waals surface area contributed by atoms with E-state index in [0.717, 1.165) is 11.1 Å². The highest BCUT2D eigenvalue weighted by molar-refractivity contribution is 6.22. The van der Waals surface area contributed by atoms with Gasteiger partial charge in [0.2, 0.25) is 0 Å². The zero-order valence-electron chi connectivity index (χ0n) is 19.5. The van der Waals surface area contributed by atoms with Crippen LogP contribution in [0.25, 0.3) is 0 Å². The fourth-order valence-corrected chi connectivity index (χ4v) is 5.45. The van der Waals surface area contributed by atoms with Crippen LogP contribution < -0.4 is 4.74 Å². The number of carbonyl (C=O) groups is 3. The zero-order valence-corrected chi connectivity index (χ0v) is 19.5. The van der Waals surface area contributed by atoms with Gasteiger partial charge in [-0.05, 0) is 45.4 Å². The first-order valence-corrected chi connectivity index (χ1v) is 10.8. The number of phenolic OH excluding ortho intramolecular Hbond substituents is 1. The highest BCUT2D eigenvalue weighted by atomic mass is 16.5. The molecule has 3 rings (SSSR count). The highest BCUT2D eigenvalue weighted by Crippen LogP contribution is 2.56. The fraction of sp³-hybridized carbons (Fsp3) is 0.500. The van der Waals surface area contributed by atoms with Crippen molar-refractivity contribution < 1.29 is 24.2 Å². The molecule has 0 bridgehead atoms. The predicted molar refractivity (Wildman–Crippen MR) is 120 cm³/mol. The van der Waals surface area contributed by atoms with E-state index in [1.165, 1.54) is 7.11 Å². The summed E-state index contributed by atoms with van der Waals surface area (Å²) < 4.78 is 5.43. The second kappa shape index (κ2) is 8.10. The van der Waals surface area contributed by atoms with Crippen LogP contribution in [0.2, 0.25) is 0 Å². The van der Waals surface area contributed by atoms with Crippen LogP contribution in [-0.2, 0) is 0 Å². The van der Waals surface area contributed by atoms with Crippen LogP contribution in [0.15, 0.2) is 23.3 Å². The van der Waals surface area contributed by atoms with Crippen LogP contribution in [0, 0.1) is 17.3 Å². The van der Waals surface area contributed by atoms with Gasteiger partial charge in [-0.25, -0.2) is 0 Å². The van der Waals surface area contributed by atoms with E-state index in [-0.39, 0.29) is 51.6 Å². The molecule has 0 radical (unpaired) electrons. The van der Waals surface area contributed by atoms with E-state index in [1.807, 2.05) is 47.6 Å². The Bertz CT molecular complexity index is 1020. The molecular formula is C26H32O5. The maximum atomic E-state index is 14.2. The van der Waals surface area contributed by atoms with Gasteiger partial charge in [0, 0.05) is 28.0 Å². The van der Waals surface area contributed by atoms with E-state index >= 15 is 0 Å². The fourth-order valence-electron chi connectivity index (χ4n) is 5.45. The Morgan fingerprint density at radius 3 is 2.45 bits per heavy atom. The molecule has 3 unspecified atom stereocenters. The van der Waals surface area contributed by atoms with Gasteiger partial charge >= 0.3 is 0 Å². The number of aromatic hydroxyl groups is 1. The molecular weight excluding hydrogens is 392 g/mol. The van der Waals surface area contributed by atoms with Gasteiger partial charge in [-0.1, -0.05) is 44.1 Å². The van der Waals surface area contributed by atoms with Crippen molar-refractivity contribution in [3.8, 4) is 11.5 Å². The SMILES string of the molecule is COc1c(O)c(C=O)c2c(c1C(C)C)C(=O)C1(C)C(CC=C(C)C1CC=C(C)C)C2=O. The number of hydrogen-bond donors (Lipinski definition) is 1. The largest absolute Gasteiger partial charge is 0.504 e. The molecule has 1 aromatic rings. The van der Waals surface area contributed by atoms with E-state index in [1.54, 1.807) is 0 Å². The minimum Gasteiger partial charge on any atom is -0.504 e. The molecule has 0 saturated heterocycles. The van der Waals surface area contributed by atoms with E-state index in [2.05, 4.69) is 6.08 Å². The number of aldehydes is 1. The lowest BCUT2D eigenvalue weighted by Crippen LogP contribution is -2.52. The molecule has 0 saturated carbocycles. The van der Waals surface area contributed by atoms with E-state index in [4.69, 9.17) is 4.74 Å². The summed E-state index contributed by atoms with van der Waals surface area (Å²) in [7, 11) is 1.40. The van der Waals surface area contributed by atoms with Crippen molar-refractivity contribution in [1.82, 2.24) is 0 Å². The third-order valence-electron chi connectivity index (χ3n) is 7.12. The van der Waals surface area contributed by atoms with Crippen LogP contribution in [0.4, 0.5) is 0 Å². The van der Waals surface area contributed by atoms with Gasteiger partial charge in [0.1, 0.15) is 0 Å². The maximum absolute atomic E-state index is 14.2. The monoisotopic (exact) mass is 424 g/mol. The molecule has 5 nitrogen and oxygen atoms in total. The summed E-state index contributed by atoms with van der Waals surface area (Å²) in [6.07, 6.45) is 5.72. The van der Waals surface area contributed by atoms with Crippen LogP contribution in [0.5, 0.6) is 11.5 Å². The summed E-state index contributed by atoms with van der Waals surface area (Å²) in [6, 6.07) is 0. The van der Waals surface area contributed by atoms with Crippen molar-refractivity contribution in [2.24, 2.45) is 17.3 Å². The smallest absolute Gasteiger partial charge is 0.171 e. The topological polar surface area (TPSA) is 80.7 Å². The summed E-state index contributed by atoms with van der Waals surface area (Å²) in [5, 5.41) is 10.7. The second-order valence-electron chi connectivity index (χ2n) is 9.51. The number of phenols is 1. The third-order valence-corrected chi connectivity index (χ3v) is 7.12. The Morgan fingerprint density at radius 2 is 1.94 bits per heavy atom. The van der Waals surface area contributed by atoms with Gasteiger partial charge in [-0.3, -0.25) is 14.4 Å². The van der Waals surface area contributed by atoms with Gasteiger partial charge in [-0.2, -0.15) is 0 Å². The van der Waals surface area contributed by atoms with Crippen molar-refractivity contribution in [3.05, 3.63) is 45.6 Å². The lowest BCUT2D eigenvalue weighted by molar-refractivity contribution is 0.0438. The third kappa shape index (κ3) is 3.26. The predicted octanol–water partition coefficient (Wildman–Crippen LogP) is 5.66. The number of carbonyl (C=O) groups excluding carboxylic acids is 3. The van der Waals surface area contributed by atoms with Crippen molar-refractivity contribution in [1.29, 1.82) is 0 Å². The molecule has 0 fully saturated rings. The molecule has 2 aliphatic carbocycles. The maximum Gasteiger partial charge on any atom is 0.171 e. The number of ether oxygens (including phenoxy) is 1. The summed E-state index contributed by atoms with van der Waals surface area (Å²) in [4.78, 5) is 40.0. The molecule has 1 aromatic carbocycles. The van der Waals surface area contributed by atoms with Crippen LogP contribution >= 0.6 is 0 Å². The number of Topliss-reactive ketones (excluding diaryl/α,β-unsaturated/α-hetero) is 2. The highest BCUT2D eigenvalue weighted by Gasteiger charge is 2.57. The van der Waals surface area contributed by atoms with E-state index in [9.17, 15) is 19.5 Å². The molecule has 0 aliphatic heterocycles. The Labute approximate surface area is 184 Å². The van der Waals surface area contributed by atoms with Crippen molar-refractivity contribution in [2.75, 3.05) is 7.11 Å². The Morgan fingerprint density at radius 1 is 1.29 bits per heavy atom. The van der Waals surface area contributed by atoms with E-state index in [0.29, 0.717) is 24.7 Å². The first-order chi connectivity index (χ1) is 14.5. The minimum absolute atomic E-state index is 0.0541. The standard InChI is InChI=1S/C26H32O5/c1-13(2)8-10-17-15(5)9-11-18-23(29)20-16(12-27)22(28)24(31-7)19(14(3)4)21(20)25(30)26(17,18)6/h8-9,12,14,17-18,28H,10-11H2,1-7H3. The van der Waals surface area contributed by atoms with Crippen LogP contribution in [0.3, 0.4) is 0 Å². The van der Waals surface area contributed by atoms with Gasteiger partial charge in [0.05, 0.1) is 12.7 Å². The van der Waals surface area contributed by atoms with E-state index < -0.39 is 11.3 Å². The molecule has 3 atom stereocenters. The number of allylic oxidation sites excluding steroid dienone is 4. The van der Waals surface area contributed by atoms with Gasteiger partial charge in [0.25, 0.3) is 0 Å². The Kier molecular flexibility index (Phi) is 6.01. The number of hydrogen-bond acceptors (Lipinski definition) is 5. The molecule has 0 heterocycles. The normalized spacial score (nSPS) is 25.0. The number of rotatable bonds is 5. The average molecular weight is 425 g/mol. The molecule has 166 valence electrons. The van der Waals surface area contributed by atoms with Gasteiger partial charge in [0.15, 0.2) is 29.4 Å². The number of benzene rings is 1. The molecule has 1 N–H and O–H groups in total. The molecule has 0 aromatic heterocycles. The number of fused-ring (bicyclic) bond motifs is 2. The lowest BCUT2D eigenvalue weighted by atomic mass is 9.52. The Balaban J connectivity index is 2.39. The quantitative estimate of drug-likeness (QED) is 0.487. The van der Waals surface area contributed by atoms with Crippen LogP contribution in [0.1, 0.15) is 96.9 Å². The van der Waals surface area contributed by atoms with Crippen molar-refractivity contribution in [2.45, 2.75) is 60.3 Å². The first-order valence-electron chi connectivity index (χ1n) is 10.8. The summed E-state index contributed by atoms with van der Waals surface area (Å²) in [5.41, 5.74) is 1.97. The summed E-state index contributed by atoms with van der Waals surface area (Å²) >= 11 is 0. The van der Waals surface area contributed by atoms with Crippen LogP contribution in [-0.4, -0.2) is 30.1 Å². The molecule has 0 amide bonds. The molecule has 2 aliphatic rings. The number of ketones is 2. The lowest BCUT2D eigenvalue weighted by Gasteiger charge is -2.48. The zero-order chi connectivity index (χ0) is 23.2. The van der Waals surface area contributed by atoms with Gasteiger partial charge in [-0.15, -0.1) is 0 Å². The number of methoxy groups -OCH3 is 1. The summed E-state index contributed by atoms with van der Waals surface area (Å²) in [6.45, 7) is 11.7. The molecule has 31 heavy (non-hydrogen) atoms. The second-order valence-corrected chi connectivity index (χ2v) is 9.51. The summed E-state index contributed by atoms with van der Waals surface area (Å²) in [5.74, 6) is -1.54. The Hall–Kier alpha value is -2.69. The van der Waals surface area contributed by atoms with Crippen molar-refractivity contribution in [3.63, 3.8) is 0 Å². The molecule has 0 spiro atoms. The average Bonchev–Trinajstić information content (AvgIpc) is 2.70. The minimum atomic E-state index is -0.930. The van der Waals surface area contributed by atoms with Crippen molar-refractivity contribution >= 4 is 17.9 Å². The van der Waals surface area contributed by atoms with Gasteiger partial charge < -0.3 is 9.84 Å². The first kappa shape index (κ1) is 23.0.